The molecule has 0 spiro atoms. The normalized spacial score (nSPS) is 11.5. The summed E-state index contributed by atoms with van der Waals surface area (Å²) >= 11 is 6.15. The predicted octanol–water partition coefficient (Wildman–Crippen LogP) is 4.25. The fraction of sp³-hybridized carbons (Fsp3) is 0.0909. The molecule has 0 saturated carbocycles. The first-order chi connectivity index (χ1) is 14.4. The molecule has 30 heavy (non-hydrogen) atoms. The van der Waals surface area contributed by atoms with Crippen molar-refractivity contribution in [2.24, 2.45) is 5.14 Å². The molecule has 4 aromatic rings. The summed E-state index contributed by atoms with van der Waals surface area (Å²) in [5.41, 5.74) is 3.65. The van der Waals surface area contributed by atoms with Crippen LogP contribution >= 0.6 is 11.6 Å². The Hall–Kier alpha value is -3.00. The van der Waals surface area contributed by atoms with Crippen LogP contribution in [0.3, 0.4) is 0 Å². The molecule has 0 saturated heterocycles. The van der Waals surface area contributed by atoms with Gasteiger partial charge in [0, 0.05) is 6.54 Å². The van der Waals surface area contributed by atoms with E-state index in [1.807, 2.05) is 54.6 Å². The molecule has 0 fully saturated rings. The Labute approximate surface area is 179 Å². The number of sulfonamides is 1. The number of halogens is 1. The highest BCUT2D eigenvalue weighted by atomic mass is 35.5. The highest BCUT2D eigenvalue weighted by molar-refractivity contribution is 7.89. The third-order valence-electron chi connectivity index (χ3n) is 4.71. The van der Waals surface area contributed by atoms with Crippen molar-refractivity contribution in [2.45, 2.75) is 11.3 Å². The van der Waals surface area contributed by atoms with Gasteiger partial charge in [0.2, 0.25) is 15.3 Å². The first-order valence-corrected chi connectivity index (χ1v) is 11.2. The van der Waals surface area contributed by atoms with E-state index >= 15 is 0 Å². The molecular formula is C22H19ClN4O2S. The largest absolute Gasteiger partial charge is 0.369 e. The van der Waals surface area contributed by atoms with Gasteiger partial charge >= 0.3 is 0 Å². The molecule has 0 aliphatic rings. The summed E-state index contributed by atoms with van der Waals surface area (Å²) in [5.74, 6) is 0.632. The monoisotopic (exact) mass is 438 g/mol. The lowest BCUT2D eigenvalue weighted by Crippen LogP contribution is -2.13. The van der Waals surface area contributed by atoms with Crippen molar-refractivity contribution in [3.63, 3.8) is 0 Å². The van der Waals surface area contributed by atoms with Crippen molar-refractivity contribution in [2.75, 3.05) is 11.9 Å². The van der Waals surface area contributed by atoms with Gasteiger partial charge in [0.25, 0.3) is 0 Å². The summed E-state index contributed by atoms with van der Waals surface area (Å²) in [4.78, 5) is 8.86. The minimum absolute atomic E-state index is 0.0990. The summed E-state index contributed by atoms with van der Waals surface area (Å²) in [6.07, 6.45) is 0.583. The number of benzene rings is 3. The molecule has 3 aromatic carbocycles. The Kier molecular flexibility index (Phi) is 5.67. The van der Waals surface area contributed by atoms with Gasteiger partial charge < -0.3 is 5.32 Å². The van der Waals surface area contributed by atoms with Crippen LogP contribution in [0, 0.1) is 0 Å². The van der Waals surface area contributed by atoms with Gasteiger partial charge in [0.05, 0.1) is 15.8 Å². The van der Waals surface area contributed by atoms with E-state index in [1.165, 1.54) is 6.07 Å². The lowest BCUT2D eigenvalue weighted by Gasteiger charge is -2.13. The summed E-state index contributed by atoms with van der Waals surface area (Å²) in [7, 11) is -3.73. The lowest BCUT2D eigenvalue weighted by molar-refractivity contribution is 0.597. The Morgan fingerprint density at radius 2 is 1.70 bits per heavy atom. The molecule has 0 aliphatic carbocycles. The van der Waals surface area contributed by atoms with Crippen molar-refractivity contribution in [1.82, 2.24) is 9.97 Å². The predicted molar refractivity (Wildman–Crippen MR) is 120 cm³/mol. The number of hydrogen-bond acceptors (Lipinski definition) is 5. The molecule has 0 radical (unpaired) electrons. The smallest absolute Gasteiger partial charge is 0.238 e. The van der Waals surface area contributed by atoms with Crippen molar-refractivity contribution in [3.05, 3.63) is 83.6 Å². The molecule has 4 rings (SSSR count). The zero-order valence-corrected chi connectivity index (χ0v) is 17.5. The number of fused-ring (bicyclic) bond motifs is 1. The number of rotatable bonds is 6. The van der Waals surface area contributed by atoms with Crippen LogP contribution < -0.4 is 10.5 Å². The zero-order valence-electron chi connectivity index (χ0n) is 15.9. The first-order valence-electron chi connectivity index (χ1n) is 9.29. The number of hydrogen-bond donors (Lipinski definition) is 2. The molecule has 152 valence electrons. The highest BCUT2D eigenvalue weighted by Crippen LogP contribution is 2.33. The molecule has 0 aliphatic heterocycles. The standard InChI is InChI=1S/C22H19ClN4O2S/c23-22-26-19-11-5-10-18(16-7-2-1-3-8-16)20(19)21(27-22)25-13-12-15-6-4-9-17(14-15)30(24,28)29/h1-11,14H,12-13H2,(H2,24,28,29)(H,25,26,27). The second-order valence-electron chi connectivity index (χ2n) is 6.78. The molecule has 8 heteroatoms. The Bertz CT molecular complexity index is 1310. The highest BCUT2D eigenvalue weighted by Gasteiger charge is 2.13. The Balaban J connectivity index is 1.65. The molecule has 0 amide bonds. The molecule has 6 nitrogen and oxygen atoms in total. The maximum Gasteiger partial charge on any atom is 0.238 e. The van der Waals surface area contributed by atoms with Crippen LogP contribution in [-0.2, 0) is 16.4 Å². The van der Waals surface area contributed by atoms with Crippen molar-refractivity contribution < 1.29 is 8.42 Å². The van der Waals surface area contributed by atoms with E-state index in [0.717, 1.165) is 27.6 Å². The molecule has 0 unspecified atom stereocenters. The van der Waals surface area contributed by atoms with Crippen LogP contribution in [0.2, 0.25) is 5.28 Å². The minimum atomic E-state index is -3.73. The molecular weight excluding hydrogens is 420 g/mol. The fourth-order valence-corrected chi connectivity index (χ4v) is 4.10. The third-order valence-corrected chi connectivity index (χ3v) is 5.79. The van der Waals surface area contributed by atoms with E-state index in [4.69, 9.17) is 16.7 Å². The van der Waals surface area contributed by atoms with E-state index in [0.29, 0.717) is 18.8 Å². The number of anilines is 1. The summed E-state index contributed by atoms with van der Waals surface area (Å²) < 4.78 is 23.1. The topological polar surface area (TPSA) is 98.0 Å². The van der Waals surface area contributed by atoms with Crippen LogP contribution in [0.15, 0.2) is 77.7 Å². The summed E-state index contributed by atoms with van der Waals surface area (Å²) in [6, 6.07) is 22.5. The number of nitrogens with two attached hydrogens (primary N) is 1. The second-order valence-corrected chi connectivity index (χ2v) is 8.68. The van der Waals surface area contributed by atoms with Crippen molar-refractivity contribution in [3.8, 4) is 11.1 Å². The van der Waals surface area contributed by atoms with Crippen LogP contribution in [0.25, 0.3) is 22.0 Å². The molecule has 0 bridgehead atoms. The Morgan fingerprint density at radius 1 is 0.933 bits per heavy atom. The van der Waals surface area contributed by atoms with E-state index in [2.05, 4.69) is 15.3 Å². The maximum absolute atomic E-state index is 11.6. The van der Waals surface area contributed by atoms with Gasteiger partial charge in [-0.15, -0.1) is 0 Å². The zero-order chi connectivity index (χ0) is 21.1. The fourth-order valence-electron chi connectivity index (χ4n) is 3.34. The second kappa shape index (κ2) is 8.39. The van der Waals surface area contributed by atoms with Gasteiger partial charge in [-0.05, 0) is 52.9 Å². The lowest BCUT2D eigenvalue weighted by atomic mass is 10.0. The number of nitrogens with zero attached hydrogens (tertiary/aromatic N) is 2. The summed E-state index contributed by atoms with van der Waals surface area (Å²) in [6.45, 7) is 0.527. The average Bonchev–Trinajstić information content (AvgIpc) is 2.73. The Morgan fingerprint density at radius 3 is 2.47 bits per heavy atom. The van der Waals surface area contributed by atoms with Gasteiger partial charge in [-0.3, -0.25) is 0 Å². The SMILES string of the molecule is NS(=O)(=O)c1cccc(CCNc2nc(Cl)nc3cccc(-c4ccccc4)c23)c1. The van der Waals surface area contributed by atoms with Gasteiger partial charge in [-0.25, -0.2) is 23.5 Å². The molecule has 1 aromatic heterocycles. The van der Waals surface area contributed by atoms with Gasteiger partial charge in [-0.1, -0.05) is 54.6 Å². The molecule has 3 N–H and O–H groups in total. The van der Waals surface area contributed by atoms with E-state index in [-0.39, 0.29) is 10.2 Å². The van der Waals surface area contributed by atoms with Gasteiger partial charge in [0.15, 0.2) is 0 Å². The van der Waals surface area contributed by atoms with Crippen molar-refractivity contribution in [1.29, 1.82) is 0 Å². The minimum Gasteiger partial charge on any atom is -0.369 e. The number of primary sulfonamides is 1. The van der Waals surface area contributed by atoms with Crippen LogP contribution in [0.5, 0.6) is 0 Å². The summed E-state index contributed by atoms with van der Waals surface area (Å²) in [5, 5.41) is 9.59. The first kappa shape index (κ1) is 20.3. The van der Waals surface area contributed by atoms with E-state index in [9.17, 15) is 8.42 Å². The molecule has 0 atom stereocenters. The quantitative estimate of drug-likeness (QED) is 0.438. The van der Waals surface area contributed by atoms with Gasteiger partial charge in [-0.2, -0.15) is 0 Å². The van der Waals surface area contributed by atoms with Crippen LogP contribution in [-0.4, -0.2) is 24.9 Å². The third kappa shape index (κ3) is 4.43. The van der Waals surface area contributed by atoms with Crippen LogP contribution in [0.4, 0.5) is 5.82 Å². The number of aromatic nitrogens is 2. The van der Waals surface area contributed by atoms with E-state index < -0.39 is 10.0 Å². The van der Waals surface area contributed by atoms with Crippen LogP contribution in [0.1, 0.15) is 5.56 Å². The van der Waals surface area contributed by atoms with E-state index in [1.54, 1.807) is 12.1 Å². The van der Waals surface area contributed by atoms with Gasteiger partial charge in [0.1, 0.15) is 5.82 Å². The molecule has 1 heterocycles. The maximum atomic E-state index is 11.6. The number of nitrogens with one attached hydrogen (secondary N) is 1. The van der Waals surface area contributed by atoms with Crippen molar-refractivity contribution >= 4 is 38.3 Å². The average molecular weight is 439 g/mol.